The van der Waals surface area contributed by atoms with E-state index in [1.165, 1.54) is 12.1 Å². The smallest absolute Gasteiger partial charge is 0.260 e. The quantitative estimate of drug-likeness (QED) is 0.540. The highest BCUT2D eigenvalue weighted by Crippen LogP contribution is 2.29. The molecule has 0 radical (unpaired) electrons. The van der Waals surface area contributed by atoms with E-state index in [1.54, 1.807) is 0 Å². The molecule has 0 saturated carbocycles. The molecule has 1 aliphatic rings. The molecule has 1 fully saturated rings. The van der Waals surface area contributed by atoms with Gasteiger partial charge >= 0.3 is 0 Å². The number of benzene rings is 2. The van der Waals surface area contributed by atoms with Gasteiger partial charge in [-0.25, -0.2) is 4.39 Å². The van der Waals surface area contributed by atoms with Crippen LogP contribution in [0.3, 0.4) is 0 Å². The minimum Gasteiger partial charge on any atom is -0.490 e. The van der Waals surface area contributed by atoms with Gasteiger partial charge in [0.25, 0.3) is 5.91 Å². The molecule has 172 valence electrons. The minimum absolute atomic E-state index is 0.0351. The first-order valence-electron chi connectivity index (χ1n) is 11.2. The molecule has 1 amide bonds. The van der Waals surface area contributed by atoms with Crippen LogP contribution in [0.15, 0.2) is 55.1 Å². The Hall–Kier alpha value is -2.86. The van der Waals surface area contributed by atoms with Crippen LogP contribution in [0.1, 0.15) is 31.9 Å². The molecule has 0 aliphatic carbocycles. The van der Waals surface area contributed by atoms with E-state index in [9.17, 15) is 9.18 Å². The van der Waals surface area contributed by atoms with E-state index >= 15 is 0 Å². The largest absolute Gasteiger partial charge is 0.490 e. The Balaban J connectivity index is 1.60. The molecule has 2 aromatic carbocycles. The number of amides is 1. The van der Waals surface area contributed by atoms with Gasteiger partial charge in [0.15, 0.2) is 18.1 Å². The Labute approximate surface area is 190 Å². The zero-order valence-electron chi connectivity index (χ0n) is 19.2. The van der Waals surface area contributed by atoms with Crippen molar-refractivity contribution in [3.05, 3.63) is 72.1 Å². The standard InChI is InChI=1S/C26H33FN2O3/c1-5-7-21-10-13-24(31-6-2)25(14-21)32-18-26(30)29-16-19(3)28(15-20(29)4)17-22-8-11-23(27)12-9-22/h5,8-14,19-20H,1,6-7,15-18H2,2-4H3. The van der Waals surface area contributed by atoms with Gasteiger partial charge in [-0.2, -0.15) is 0 Å². The number of carbonyl (C=O) groups is 1. The van der Waals surface area contributed by atoms with Gasteiger partial charge in [-0.1, -0.05) is 24.3 Å². The number of hydrogen-bond donors (Lipinski definition) is 0. The third-order valence-corrected chi connectivity index (χ3v) is 5.77. The van der Waals surface area contributed by atoms with Gasteiger partial charge in [-0.05, 0) is 62.6 Å². The molecule has 1 heterocycles. The molecular formula is C26H33FN2O3. The van der Waals surface area contributed by atoms with E-state index in [2.05, 4.69) is 25.3 Å². The first kappa shape index (κ1) is 23.8. The Morgan fingerprint density at radius 2 is 1.78 bits per heavy atom. The average molecular weight is 441 g/mol. The lowest BCUT2D eigenvalue weighted by atomic mass is 10.1. The summed E-state index contributed by atoms with van der Waals surface area (Å²) in [5.74, 6) is 0.948. The third-order valence-electron chi connectivity index (χ3n) is 5.77. The topological polar surface area (TPSA) is 42.0 Å². The van der Waals surface area contributed by atoms with Crippen LogP contribution in [0.5, 0.6) is 11.5 Å². The van der Waals surface area contributed by atoms with E-state index in [4.69, 9.17) is 9.47 Å². The molecule has 0 aromatic heterocycles. The first-order chi connectivity index (χ1) is 15.4. The predicted octanol–water partition coefficient (Wildman–Crippen LogP) is 4.45. The van der Waals surface area contributed by atoms with Gasteiger partial charge in [-0.15, -0.1) is 6.58 Å². The molecule has 0 N–H and O–H groups in total. The van der Waals surface area contributed by atoms with Gasteiger partial charge in [0.2, 0.25) is 0 Å². The molecule has 32 heavy (non-hydrogen) atoms. The van der Waals surface area contributed by atoms with Crippen LogP contribution in [0.25, 0.3) is 0 Å². The number of nitrogens with zero attached hydrogens (tertiary/aromatic N) is 2. The van der Waals surface area contributed by atoms with Crippen molar-refractivity contribution in [1.82, 2.24) is 9.80 Å². The molecule has 1 saturated heterocycles. The highest BCUT2D eigenvalue weighted by molar-refractivity contribution is 5.78. The Kier molecular flexibility index (Phi) is 8.28. The van der Waals surface area contributed by atoms with Crippen LogP contribution in [-0.2, 0) is 17.8 Å². The van der Waals surface area contributed by atoms with Crippen molar-refractivity contribution in [2.45, 2.75) is 45.8 Å². The molecule has 0 bridgehead atoms. The second-order valence-electron chi connectivity index (χ2n) is 8.30. The summed E-state index contributed by atoms with van der Waals surface area (Å²) in [7, 11) is 0. The van der Waals surface area contributed by atoms with Gasteiger partial charge in [0.1, 0.15) is 5.82 Å². The van der Waals surface area contributed by atoms with E-state index in [-0.39, 0.29) is 30.4 Å². The molecule has 5 nitrogen and oxygen atoms in total. The summed E-state index contributed by atoms with van der Waals surface area (Å²) in [6.07, 6.45) is 2.56. The summed E-state index contributed by atoms with van der Waals surface area (Å²) >= 11 is 0. The predicted molar refractivity (Wildman–Crippen MR) is 124 cm³/mol. The van der Waals surface area contributed by atoms with Crippen LogP contribution in [-0.4, -0.2) is 54.1 Å². The lowest BCUT2D eigenvalue weighted by molar-refractivity contribution is -0.139. The Morgan fingerprint density at radius 1 is 1.06 bits per heavy atom. The van der Waals surface area contributed by atoms with Crippen molar-refractivity contribution < 1.29 is 18.7 Å². The lowest BCUT2D eigenvalue weighted by Gasteiger charge is -2.44. The molecular weight excluding hydrogens is 407 g/mol. The Bertz CT molecular complexity index is 916. The summed E-state index contributed by atoms with van der Waals surface area (Å²) in [5, 5.41) is 0. The molecule has 2 unspecified atom stereocenters. The summed E-state index contributed by atoms with van der Waals surface area (Å²) in [6.45, 7) is 12.5. The van der Waals surface area contributed by atoms with E-state index in [1.807, 2.05) is 48.2 Å². The van der Waals surface area contributed by atoms with Crippen molar-refractivity contribution in [3.63, 3.8) is 0 Å². The second kappa shape index (κ2) is 11.1. The summed E-state index contributed by atoms with van der Waals surface area (Å²) in [4.78, 5) is 17.2. The van der Waals surface area contributed by atoms with Gasteiger partial charge in [-0.3, -0.25) is 9.69 Å². The number of rotatable bonds is 9. The maximum atomic E-state index is 13.2. The first-order valence-corrected chi connectivity index (χ1v) is 11.2. The highest BCUT2D eigenvalue weighted by Gasteiger charge is 2.32. The molecule has 0 spiro atoms. The van der Waals surface area contributed by atoms with Gasteiger partial charge in [0.05, 0.1) is 6.61 Å². The zero-order valence-corrected chi connectivity index (χ0v) is 19.2. The zero-order chi connectivity index (χ0) is 23.1. The summed E-state index contributed by atoms with van der Waals surface area (Å²) in [5.41, 5.74) is 2.12. The van der Waals surface area contributed by atoms with Crippen molar-refractivity contribution in [2.24, 2.45) is 0 Å². The number of ether oxygens (including phenoxy) is 2. The lowest BCUT2D eigenvalue weighted by Crippen LogP contribution is -2.58. The number of hydrogen-bond acceptors (Lipinski definition) is 4. The number of piperazine rings is 1. The van der Waals surface area contributed by atoms with Crippen LogP contribution in [0, 0.1) is 5.82 Å². The molecule has 3 rings (SSSR count). The number of carbonyl (C=O) groups excluding carboxylic acids is 1. The normalized spacial score (nSPS) is 18.9. The number of halogens is 1. The molecule has 6 heteroatoms. The fourth-order valence-electron chi connectivity index (χ4n) is 4.05. The van der Waals surface area contributed by atoms with Crippen LogP contribution in [0.4, 0.5) is 4.39 Å². The summed E-state index contributed by atoms with van der Waals surface area (Å²) < 4.78 is 24.8. The maximum absolute atomic E-state index is 13.2. The molecule has 1 aliphatic heterocycles. The SMILES string of the molecule is C=CCc1ccc(OCC)c(OCC(=O)N2CC(C)N(Cc3ccc(F)cc3)CC2C)c1. The second-order valence-corrected chi connectivity index (χ2v) is 8.30. The van der Waals surface area contributed by atoms with E-state index < -0.39 is 0 Å². The monoisotopic (exact) mass is 440 g/mol. The maximum Gasteiger partial charge on any atom is 0.260 e. The molecule has 2 atom stereocenters. The van der Waals surface area contributed by atoms with Crippen molar-refractivity contribution in [1.29, 1.82) is 0 Å². The third kappa shape index (κ3) is 6.10. The van der Waals surface area contributed by atoms with Crippen LogP contribution < -0.4 is 9.47 Å². The van der Waals surface area contributed by atoms with Crippen LogP contribution in [0.2, 0.25) is 0 Å². The van der Waals surface area contributed by atoms with Crippen molar-refractivity contribution >= 4 is 5.91 Å². The summed E-state index contributed by atoms with van der Waals surface area (Å²) in [6, 6.07) is 12.6. The van der Waals surface area contributed by atoms with E-state index in [0.29, 0.717) is 24.7 Å². The van der Waals surface area contributed by atoms with E-state index in [0.717, 1.165) is 30.6 Å². The highest BCUT2D eigenvalue weighted by atomic mass is 19.1. The van der Waals surface area contributed by atoms with Gasteiger partial charge in [0, 0.05) is 31.7 Å². The fraction of sp³-hybridized carbons (Fsp3) is 0.423. The fourth-order valence-corrected chi connectivity index (χ4v) is 4.05. The number of allylic oxidation sites excluding steroid dienone is 1. The van der Waals surface area contributed by atoms with Crippen LogP contribution >= 0.6 is 0 Å². The Morgan fingerprint density at radius 3 is 2.47 bits per heavy atom. The van der Waals surface area contributed by atoms with Crippen molar-refractivity contribution in [2.75, 3.05) is 26.3 Å². The minimum atomic E-state index is -0.229. The van der Waals surface area contributed by atoms with Crippen molar-refractivity contribution in [3.8, 4) is 11.5 Å². The molecule has 2 aromatic rings. The van der Waals surface area contributed by atoms with Gasteiger partial charge < -0.3 is 14.4 Å². The average Bonchev–Trinajstić information content (AvgIpc) is 2.77.